The zero-order valence-corrected chi connectivity index (χ0v) is 19.1. The Morgan fingerprint density at radius 2 is 1.65 bits per heavy atom. The minimum Gasteiger partial charge on any atom is -0.337 e. The third kappa shape index (κ3) is 6.81. The van der Waals surface area contributed by atoms with Crippen LogP contribution in [-0.2, 0) is 11.3 Å². The highest BCUT2D eigenvalue weighted by atomic mass is 32.1. The van der Waals surface area contributed by atoms with Gasteiger partial charge in [0, 0.05) is 31.8 Å². The van der Waals surface area contributed by atoms with Crippen molar-refractivity contribution >= 4 is 46.6 Å². The molecule has 2 amide bonds. The number of thiocarbonyl (C=S) groups is 1. The number of hydrogen-bond donors (Lipinski definition) is 2. The van der Waals surface area contributed by atoms with E-state index in [9.17, 15) is 19.7 Å². The number of para-hydroxylation sites is 1. The van der Waals surface area contributed by atoms with Crippen molar-refractivity contribution in [1.82, 2.24) is 10.2 Å². The number of non-ortho nitro benzene ring substituents is 1. The second-order valence-corrected chi connectivity index (χ2v) is 7.73. The summed E-state index contributed by atoms with van der Waals surface area (Å²) in [5, 5.41) is 16.2. The van der Waals surface area contributed by atoms with Crippen LogP contribution in [0.2, 0.25) is 0 Å². The second-order valence-electron chi connectivity index (χ2n) is 7.32. The van der Waals surface area contributed by atoms with Crippen LogP contribution >= 0.6 is 12.2 Å². The highest BCUT2D eigenvalue weighted by molar-refractivity contribution is 7.80. The third-order valence-corrected chi connectivity index (χ3v) is 4.99. The molecule has 0 aliphatic heterocycles. The standard InChI is InChI=1S/C25H22N4O4S/c1-28(17-19-7-3-2-4-8-19)24(31)21-9-5-6-10-22(21)26-25(34)27-23(30)16-13-18-11-14-20(15-12-18)29(32)33/h2-16H,17H2,1H3,(H2,26,27,30,34)/b16-13+. The molecular formula is C25H22N4O4S. The normalized spacial score (nSPS) is 10.5. The van der Waals surface area contributed by atoms with Gasteiger partial charge >= 0.3 is 0 Å². The number of carbonyl (C=O) groups excluding carboxylic acids is 2. The van der Waals surface area contributed by atoms with E-state index in [1.54, 1.807) is 36.2 Å². The van der Waals surface area contributed by atoms with E-state index >= 15 is 0 Å². The van der Waals surface area contributed by atoms with Crippen molar-refractivity contribution in [2.24, 2.45) is 0 Å². The maximum Gasteiger partial charge on any atom is 0.269 e. The summed E-state index contributed by atoms with van der Waals surface area (Å²) in [5.41, 5.74) is 2.48. The first-order valence-corrected chi connectivity index (χ1v) is 10.7. The van der Waals surface area contributed by atoms with Crippen molar-refractivity contribution in [3.63, 3.8) is 0 Å². The third-order valence-electron chi connectivity index (χ3n) is 4.78. The second kappa shape index (κ2) is 11.5. The van der Waals surface area contributed by atoms with Gasteiger partial charge in [0.15, 0.2) is 5.11 Å². The fourth-order valence-corrected chi connectivity index (χ4v) is 3.31. The van der Waals surface area contributed by atoms with Gasteiger partial charge in [0.25, 0.3) is 11.6 Å². The number of hydrogen-bond acceptors (Lipinski definition) is 5. The Bertz CT molecular complexity index is 1230. The molecule has 172 valence electrons. The molecule has 9 heteroatoms. The molecule has 0 unspecified atom stereocenters. The lowest BCUT2D eigenvalue weighted by atomic mass is 10.1. The largest absolute Gasteiger partial charge is 0.337 e. The minimum atomic E-state index is -0.494. The molecule has 0 aliphatic rings. The molecule has 0 saturated carbocycles. The predicted octanol–water partition coefficient (Wildman–Crippen LogP) is 4.39. The van der Waals surface area contributed by atoms with Gasteiger partial charge in [-0.3, -0.25) is 25.0 Å². The highest BCUT2D eigenvalue weighted by Crippen LogP contribution is 2.18. The Morgan fingerprint density at radius 3 is 2.32 bits per heavy atom. The number of carbonyl (C=O) groups is 2. The molecule has 3 rings (SSSR count). The number of amides is 2. The molecule has 0 heterocycles. The van der Waals surface area contributed by atoms with Gasteiger partial charge < -0.3 is 10.2 Å². The summed E-state index contributed by atoms with van der Waals surface area (Å²) in [6, 6.07) is 22.3. The molecule has 0 fully saturated rings. The monoisotopic (exact) mass is 474 g/mol. The average Bonchev–Trinajstić information content (AvgIpc) is 2.83. The van der Waals surface area contributed by atoms with Crippen molar-refractivity contribution < 1.29 is 14.5 Å². The van der Waals surface area contributed by atoms with Gasteiger partial charge in [-0.1, -0.05) is 42.5 Å². The summed E-state index contributed by atoms with van der Waals surface area (Å²) in [5.74, 6) is -0.681. The first-order valence-electron chi connectivity index (χ1n) is 10.3. The molecule has 3 aromatic carbocycles. The molecule has 0 bridgehead atoms. The number of anilines is 1. The highest BCUT2D eigenvalue weighted by Gasteiger charge is 2.16. The van der Waals surface area contributed by atoms with Crippen LogP contribution in [0.1, 0.15) is 21.5 Å². The van der Waals surface area contributed by atoms with Crippen LogP contribution in [0.5, 0.6) is 0 Å². The number of nitro benzene ring substituents is 1. The van der Waals surface area contributed by atoms with E-state index < -0.39 is 10.8 Å². The smallest absolute Gasteiger partial charge is 0.269 e. The molecule has 0 aromatic heterocycles. The van der Waals surface area contributed by atoms with Gasteiger partial charge in [-0.25, -0.2) is 0 Å². The van der Waals surface area contributed by atoms with Gasteiger partial charge in [-0.05, 0) is 53.7 Å². The molecule has 0 spiro atoms. The Morgan fingerprint density at radius 1 is 1.00 bits per heavy atom. The van der Waals surface area contributed by atoms with E-state index in [0.29, 0.717) is 23.4 Å². The average molecular weight is 475 g/mol. The number of nitrogens with zero attached hydrogens (tertiary/aromatic N) is 2. The molecule has 0 atom stereocenters. The molecule has 0 saturated heterocycles. The van der Waals surface area contributed by atoms with Gasteiger partial charge in [-0.15, -0.1) is 0 Å². The van der Waals surface area contributed by atoms with Gasteiger partial charge in [0.2, 0.25) is 5.91 Å². The molecule has 8 nitrogen and oxygen atoms in total. The first kappa shape index (κ1) is 24.3. The van der Waals surface area contributed by atoms with Crippen LogP contribution in [0.25, 0.3) is 6.08 Å². The van der Waals surface area contributed by atoms with Crippen LogP contribution in [0.3, 0.4) is 0 Å². The van der Waals surface area contributed by atoms with Crippen LogP contribution in [0.4, 0.5) is 11.4 Å². The van der Waals surface area contributed by atoms with Crippen LogP contribution in [0.15, 0.2) is 84.9 Å². The number of rotatable bonds is 7. The molecule has 0 radical (unpaired) electrons. The van der Waals surface area contributed by atoms with Gasteiger partial charge in [-0.2, -0.15) is 0 Å². The maximum absolute atomic E-state index is 13.0. The Labute approximate surface area is 202 Å². The minimum absolute atomic E-state index is 0.0318. The van der Waals surface area contributed by atoms with E-state index in [1.165, 1.54) is 36.4 Å². The van der Waals surface area contributed by atoms with Crippen molar-refractivity contribution in [3.8, 4) is 0 Å². The van der Waals surface area contributed by atoms with E-state index in [2.05, 4.69) is 10.6 Å². The van der Waals surface area contributed by atoms with Crippen molar-refractivity contribution in [2.45, 2.75) is 6.54 Å². The van der Waals surface area contributed by atoms with E-state index in [1.807, 2.05) is 30.3 Å². The zero-order valence-electron chi connectivity index (χ0n) is 18.3. The summed E-state index contributed by atoms with van der Waals surface area (Å²) < 4.78 is 0. The first-order chi connectivity index (χ1) is 16.3. The summed E-state index contributed by atoms with van der Waals surface area (Å²) in [7, 11) is 1.72. The summed E-state index contributed by atoms with van der Waals surface area (Å²) in [4.78, 5) is 37.0. The molecule has 2 N–H and O–H groups in total. The fraction of sp³-hybridized carbons (Fsp3) is 0.0800. The topological polar surface area (TPSA) is 105 Å². The zero-order chi connectivity index (χ0) is 24.5. The summed E-state index contributed by atoms with van der Waals surface area (Å²) >= 11 is 5.23. The lowest BCUT2D eigenvalue weighted by molar-refractivity contribution is -0.384. The van der Waals surface area contributed by atoms with Gasteiger partial charge in [0.05, 0.1) is 16.2 Å². The predicted molar refractivity (Wildman–Crippen MR) is 135 cm³/mol. The Kier molecular flexibility index (Phi) is 8.20. The Hall–Kier alpha value is -4.37. The van der Waals surface area contributed by atoms with E-state index in [-0.39, 0.29) is 16.7 Å². The van der Waals surface area contributed by atoms with Crippen LogP contribution in [0, 0.1) is 10.1 Å². The van der Waals surface area contributed by atoms with Crippen LogP contribution in [-0.4, -0.2) is 33.8 Å². The van der Waals surface area contributed by atoms with Crippen molar-refractivity contribution in [3.05, 3.63) is 112 Å². The van der Waals surface area contributed by atoms with Crippen LogP contribution < -0.4 is 10.6 Å². The summed E-state index contributed by atoms with van der Waals surface area (Å²) in [6.45, 7) is 0.447. The van der Waals surface area contributed by atoms with Gasteiger partial charge in [0.1, 0.15) is 0 Å². The SMILES string of the molecule is CN(Cc1ccccc1)C(=O)c1ccccc1NC(=S)NC(=O)/C=C/c1ccc([N+](=O)[O-])cc1. The number of nitrogens with one attached hydrogen (secondary N) is 2. The number of nitro groups is 1. The van der Waals surface area contributed by atoms with Crippen molar-refractivity contribution in [2.75, 3.05) is 12.4 Å². The van der Waals surface area contributed by atoms with E-state index in [4.69, 9.17) is 12.2 Å². The number of benzene rings is 3. The quantitative estimate of drug-likeness (QED) is 0.228. The maximum atomic E-state index is 13.0. The molecule has 0 aliphatic carbocycles. The molecule has 3 aromatic rings. The molecular weight excluding hydrogens is 452 g/mol. The lowest BCUT2D eigenvalue weighted by Gasteiger charge is -2.20. The summed E-state index contributed by atoms with van der Waals surface area (Å²) in [6.07, 6.45) is 2.78. The Balaban J connectivity index is 1.61. The van der Waals surface area contributed by atoms with Crippen molar-refractivity contribution in [1.29, 1.82) is 0 Å². The molecule has 34 heavy (non-hydrogen) atoms. The fourth-order valence-electron chi connectivity index (χ4n) is 3.10. The van der Waals surface area contributed by atoms with E-state index in [0.717, 1.165) is 5.56 Å². The lowest BCUT2D eigenvalue weighted by Crippen LogP contribution is -2.34.